The Bertz CT molecular complexity index is 248. The van der Waals surface area contributed by atoms with E-state index in [1.165, 1.54) is 0 Å². The van der Waals surface area contributed by atoms with Crippen molar-refractivity contribution in [3.05, 3.63) is 0 Å². The molecule has 0 saturated carbocycles. The minimum absolute atomic E-state index is 0. The smallest absolute Gasteiger partial charge is 0.224 e. The van der Waals surface area contributed by atoms with Crippen molar-refractivity contribution in [2.24, 2.45) is 11.3 Å². The SMILES string of the molecule is CC(C)(C)CC(O)CNC(=O)C1CCCNC1.Cl. The topological polar surface area (TPSA) is 61.4 Å². The van der Waals surface area contributed by atoms with E-state index in [0.717, 1.165) is 25.9 Å². The Labute approximate surface area is 116 Å². The summed E-state index contributed by atoms with van der Waals surface area (Å²) in [4.78, 5) is 11.8. The second kappa shape index (κ2) is 7.97. The molecular weight excluding hydrogens is 252 g/mol. The highest BCUT2D eigenvalue weighted by molar-refractivity contribution is 5.85. The largest absolute Gasteiger partial charge is 0.391 e. The molecule has 1 aliphatic heterocycles. The number of halogens is 1. The van der Waals surface area contributed by atoms with Gasteiger partial charge in [-0.05, 0) is 31.2 Å². The standard InChI is InChI=1S/C13H26N2O2.ClH/c1-13(2,3)7-11(16)9-15-12(17)10-5-4-6-14-8-10;/h10-11,14,16H,4-9H2,1-3H3,(H,15,17);1H. The van der Waals surface area contributed by atoms with Gasteiger partial charge in [-0.25, -0.2) is 0 Å². The summed E-state index contributed by atoms with van der Waals surface area (Å²) >= 11 is 0. The van der Waals surface area contributed by atoms with Crippen LogP contribution in [0, 0.1) is 11.3 Å². The highest BCUT2D eigenvalue weighted by atomic mass is 35.5. The number of aliphatic hydroxyl groups excluding tert-OH is 1. The lowest BCUT2D eigenvalue weighted by atomic mass is 9.89. The molecule has 18 heavy (non-hydrogen) atoms. The first-order chi connectivity index (χ1) is 7.88. The van der Waals surface area contributed by atoms with Crippen molar-refractivity contribution in [2.45, 2.75) is 46.1 Å². The molecule has 1 amide bonds. The second-order valence-corrected chi connectivity index (χ2v) is 6.21. The van der Waals surface area contributed by atoms with E-state index < -0.39 is 6.10 Å². The third-order valence-corrected chi connectivity index (χ3v) is 3.03. The van der Waals surface area contributed by atoms with Crippen molar-refractivity contribution in [1.82, 2.24) is 10.6 Å². The molecule has 5 heteroatoms. The first-order valence-corrected chi connectivity index (χ1v) is 6.55. The van der Waals surface area contributed by atoms with Crippen LogP contribution >= 0.6 is 12.4 Å². The Morgan fingerprint density at radius 2 is 2.17 bits per heavy atom. The van der Waals surface area contributed by atoms with Gasteiger partial charge in [0.2, 0.25) is 5.91 Å². The van der Waals surface area contributed by atoms with E-state index in [4.69, 9.17) is 0 Å². The van der Waals surface area contributed by atoms with E-state index in [1.54, 1.807) is 0 Å². The Kier molecular flexibility index (Phi) is 7.83. The number of nitrogens with one attached hydrogen (secondary N) is 2. The van der Waals surface area contributed by atoms with Crippen molar-refractivity contribution in [1.29, 1.82) is 0 Å². The van der Waals surface area contributed by atoms with Crippen LogP contribution in [0.5, 0.6) is 0 Å². The van der Waals surface area contributed by atoms with Crippen LogP contribution in [0.1, 0.15) is 40.0 Å². The highest BCUT2D eigenvalue weighted by Crippen LogP contribution is 2.20. The molecule has 0 spiro atoms. The summed E-state index contributed by atoms with van der Waals surface area (Å²) in [5.41, 5.74) is 0.0938. The lowest BCUT2D eigenvalue weighted by Crippen LogP contribution is -2.43. The van der Waals surface area contributed by atoms with Crippen LogP contribution in [-0.2, 0) is 4.79 Å². The van der Waals surface area contributed by atoms with E-state index >= 15 is 0 Å². The summed E-state index contributed by atoms with van der Waals surface area (Å²) in [5.74, 6) is 0.149. The fourth-order valence-electron chi connectivity index (χ4n) is 2.22. The molecule has 0 aromatic heterocycles. The number of carbonyl (C=O) groups is 1. The van der Waals surface area contributed by atoms with E-state index in [2.05, 4.69) is 31.4 Å². The molecule has 1 rings (SSSR count). The van der Waals surface area contributed by atoms with Crippen LogP contribution in [-0.4, -0.2) is 36.8 Å². The van der Waals surface area contributed by atoms with Crippen LogP contribution in [0.2, 0.25) is 0 Å². The van der Waals surface area contributed by atoms with Crippen LogP contribution in [0.4, 0.5) is 0 Å². The van der Waals surface area contributed by atoms with Gasteiger partial charge in [-0.15, -0.1) is 12.4 Å². The molecular formula is C13H27ClN2O2. The molecule has 0 aromatic carbocycles. The Morgan fingerprint density at radius 1 is 1.50 bits per heavy atom. The quantitative estimate of drug-likeness (QED) is 0.727. The van der Waals surface area contributed by atoms with Crippen LogP contribution < -0.4 is 10.6 Å². The van der Waals surface area contributed by atoms with Gasteiger partial charge in [0.15, 0.2) is 0 Å². The normalized spacial score (nSPS) is 21.9. The zero-order valence-electron chi connectivity index (χ0n) is 11.7. The summed E-state index contributed by atoms with van der Waals surface area (Å²) < 4.78 is 0. The van der Waals surface area contributed by atoms with E-state index in [9.17, 15) is 9.90 Å². The van der Waals surface area contributed by atoms with Gasteiger partial charge in [0.05, 0.1) is 12.0 Å². The predicted octanol–water partition coefficient (Wildman–Crippen LogP) is 1.32. The predicted molar refractivity (Wildman–Crippen MR) is 75.9 cm³/mol. The van der Waals surface area contributed by atoms with Crippen molar-refractivity contribution in [3.63, 3.8) is 0 Å². The molecule has 1 saturated heterocycles. The molecule has 108 valence electrons. The fraction of sp³-hybridized carbons (Fsp3) is 0.923. The number of amides is 1. The van der Waals surface area contributed by atoms with Crippen molar-refractivity contribution < 1.29 is 9.90 Å². The average Bonchev–Trinajstić information content (AvgIpc) is 2.25. The molecule has 1 fully saturated rings. The number of piperidine rings is 1. The maximum atomic E-state index is 11.8. The first-order valence-electron chi connectivity index (χ1n) is 6.55. The summed E-state index contributed by atoms with van der Waals surface area (Å²) in [6, 6.07) is 0. The lowest BCUT2D eigenvalue weighted by molar-refractivity contribution is -0.126. The molecule has 0 aliphatic carbocycles. The highest BCUT2D eigenvalue weighted by Gasteiger charge is 2.22. The van der Waals surface area contributed by atoms with Crippen molar-refractivity contribution >= 4 is 18.3 Å². The lowest BCUT2D eigenvalue weighted by Gasteiger charge is -2.25. The summed E-state index contributed by atoms with van der Waals surface area (Å²) in [7, 11) is 0. The van der Waals surface area contributed by atoms with Gasteiger partial charge in [-0.2, -0.15) is 0 Å². The third-order valence-electron chi connectivity index (χ3n) is 3.03. The number of rotatable bonds is 4. The summed E-state index contributed by atoms with van der Waals surface area (Å²) in [6.45, 7) is 8.40. The van der Waals surface area contributed by atoms with Crippen LogP contribution in [0.15, 0.2) is 0 Å². The van der Waals surface area contributed by atoms with Gasteiger partial charge >= 0.3 is 0 Å². The molecule has 1 aliphatic rings. The number of hydrogen-bond acceptors (Lipinski definition) is 3. The van der Waals surface area contributed by atoms with Crippen molar-refractivity contribution in [3.8, 4) is 0 Å². The Morgan fingerprint density at radius 3 is 2.67 bits per heavy atom. The van der Waals surface area contributed by atoms with Gasteiger partial charge in [0.1, 0.15) is 0 Å². The molecule has 0 aromatic rings. The molecule has 3 N–H and O–H groups in total. The molecule has 2 atom stereocenters. The van der Waals surface area contributed by atoms with Gasteiger partial charge in [-0.1, -0.05) is 20.8 Å². The van der Waals surface area contributed by atoms with E-state index in [-0.39, 0.29) is 29.6 Å². The van der Waals surface area contributed by atoms with Crippen LogP contribution in [0.3, 0.4) is 0 Å². The molecule has 4 nitrogen and oxygen atoms in total. The monoisotopic (exact) mass is 278 g/mol. The molecule has 0 bridgehead atoms. The first kappa shape index (κ1) is 17.7. The zero-order chi connectivity index (χ0) is 12.9. The average molecular weight is 279 g/mol. The van der Waals surface area contributed by atoms with E-state index in [1.807, 2.05) is 0 Å². The summed E-state index contributed by atoms with van der Waals surface area (Å²) in [5, 5.41) is 15.9. The molecule has 1 heterocycles. The third kappa shape index (κ3) is 7.19. The maximum absolute atomic E-state index is 11.8. The Balaban J connectivity index is 0.00000289. The zero-order valence-corrected chi connectivity index (χ0v) is 12.5. The number of aliphatic hydroxyl groups is 1. The Hall–Kier alpha value is -0.320. The number of carbonyl (C=O) groups excluding carboxylic acids is 1. The fourth-order valence-corrected chi connectivity index (χ4v) is 2.22. The van der Waals surface area contributed by atoms with Gasteiger partial charge < -0.3 is 15.7 Å². The van der Waals surface area contributed by atoms with E-state index in [0.29, 0.717) is 13.0 Å². The minimum atomic E-state index is -0.449. The van der Waals surface area contributed by atoms with Gasteiger partial charge in [-0.3, -0.25) is 4.79 Å². The van der Waals surface area contributed by atoms with Crippen LogP contribution in [0.25, 0.3) is 0 Å². The number of hydrogen-bond donors (Lipinski definition) is 3. The van der Waals surface area contributed by atoms with Crippen molar-refractivity contribution in [2.75, 3.05) is 19.6 Å². The second-order valence-electron chi connectivity index (χ2n) is 6.21. The maximum Gasteiger partial charge on any atom is 0.224 e. The molecule has 0 radical (unpaired) electrons. The molecule has 2 unspecified atom stereocenters. The van der Waals surface area contributed by atoms with Gasteiger partial charge in [0, 0.05) is 13.1 Å². The minimum Gasteiger partial charge on any atom is -0.391 e. The summed E-state index contributed by atoms with van der Waals surface area (Å²) in [6.07, 6.45) is 2.27. The van der Waals surface area contributed by atoms with Gasteiger partial charge in [0.25, 0.3) is 0 Å².